The van der Waals surface area contributed by atoms with Crippen LogP contribution in [0.25, 0.3) is 11.3 Å². The molecule has 0 aliphatic carbocycles. The molecular formula is C16H22N2O3S. The normalized spacial score (nSPS) is 11.0. The molecule has 0 spiro atoms. The monoisotopic (exact) mass is 322 g/mol. The first-order chi connectivity index (χ1) is 10.6. The lowest BCUT2D eigenvalue weighted by Crippen LogP contribution is -2.21. The van der Waals surface area contributed by atoms with E-state index in [1.54, 1.807) is 14.2 Å². The van der Waals surface area contributed by atoms with Gasteiger partial charge in [-0.3, -0.25) is 9.69 Å². The first-order valence-electron chi connectivity index (χ1n) is 7.29. The van der Waals surface area contributed by atoms with E-state index in [0.29, 0.717) is 11.5 Å². The van der Waals surface area contributed by atoms with Crippen LogP contribution in [0.15, 0.2) is 23.0 Å². The summed E-state index contributed by atoms with van der Waals surface area (Å²) in [6.45, 7) is 6.91. The Balaban J connectivity index is 2.42. The van der Waals surface area contributed by atoms with Gasteiger partial charge in [-0.2, -0.15) is 0 Å². The minimum Gasteiger partial charge on any atom is -0.493 e. The highest BCUT2D eigenvalue weighted by Gasteiger charge is 2.15. The zero-order valence-corrected chi connectivity index (χ0v) is 14.3. The van der Waals surface area contributed by atoms with Crippen LogP contribution >= 0.6 is 11.3 Å². The maximum Gasteiger partial charge on any atom is 0.305 e. The third kappa shape index (κ3) is 3.51. The SMILES string of the molecule is CCN(CC)Cc1sc(=O)[nH]c1-c1ccc(OC)c(OC)c1. The fourth-order valence-electron chi connectivity index (χ4n) is 2.35. The highest BCUT2D eigenvalue weighted by molar-refractivity contribution is 7.09. The molecule has 5 nitrogen and oxygen atoms in total. The summed E-state index contributed by atoms with van der Waals surface area (Å²) in [6.07, 6.45) is 0. The van der Waals surface area contributed by atoms with Gasteiger partial charge in [0.25, 0.3) is 0 Å². The minimum atomic E-state index is -0.0352. The van der Waals surface area contributed by atoms with E-state index in [4.69, 9.17) is 9.47 Å². The summed E-state index contributed by atoms with van der Waals surface area (Å²) in [5.41, 5.74) is 1.79. The van der Waals surface area contributed by atoms with Crippen molar-refractivity contribution in [3.8, 4) is 22.8 Å². The molecule has 22 heavy (non-hydrogen) atoms. The summed E-state index contributed by atoms with van der Waals surface area (Å²) in [5.74, 6) is 1.33. The Morgan fingerprint density at radius 2 is 1.82 bits per heavy atom. The van der Waals surface area contributed by atoms with Crippen LogP contribution in [0, 0.1) is 0 Å². The van der Waals surface area contributed by atoms with Crippen molar-refractivity contribution in [3.05, 3.63) is 32.7 Å². The van der Waals surface area contributed by atoms with Crippen molar-refractivity contribution in [2.45, 2.75) is 20.4 Å². The van der Waals surface area contributed by atoms with E-state index in [-0.39, 0.29) is 4.87 Å². The van der Waals surface area contributed by atoms with Gasteiger partial charge in [0.05, 0.1) is 19.9 Å². The van der Waals surface area contributed by atoms with Crippen LogP contribution in [-0.4, -0.2) is 37.2 Å². The van der Waals surface area contributed by atoms with Gasteiger partial charge in [0.2, 0.25) is 0 Å². The summed E-state index contributed by atoms with van der Waals surface area (Å²) >= 11 is 1.27. The van der Waals surface area contributed by atoms with Crippen LogP contribution in [-0.2, 0) is 6.54 Å². The van der Waals surface area contributed by atoms with Crippen molar-refractivity contribution >= 4 is 11.3 Å². The van der Waals surface area contributed by atoms with Gasteiger partial charge in [0.1, 0.15) is 0 Å². The molecule has 0 bridgehead atoms. The fourth-order valence-corrected chi connectivity index (χ4v) is 3.24. The van der Waals surface area contributed by atoms with E-state index in [9.17, 15) is 4.79 Å². The van der Waals surface area contributed by atoms with Gasteiger partial charge < -0.3 is 14.5 Å². The average molecular weight is 322 g/mol. The third-order valence-electron chi connectivity index (χ3n) is 3.66. The molecule has 0 radical (unpaired) electrons. The molecule has 0 saturated carbocycles. The summed E-state index contributed by atoms with van der Waals surface area (Å²) in [5, 5.41) is 0. The molecule has 2 aromatic rings. The zero-order valence-electron chi connectivity index (χ0n) is 13.4. The molecule has 0 amide bonds. The highest BCUT2D eigenvalue weighted by atomic mass is 32.1. The number of hydrogen-bond acceptors (Lipinski definition) is 5. The van der Waals surface area contributed by atoms with Gasteiger partial charge in [0, 0.05) is 17.0 Å². The van der Waals surface area contributed by atoms with Crippen molar-refractivity contribution in [3.63, 3.8) is 0 Å². The summed E-state index contributed by atoms with van der Waals surface area (Å²) in [6, 6.07) is 5.68. The summed E-state index contributed by atoms with van der Waals surface area (Å²) in [7, 11) is 3.21. The second kappa shape index (κ2) is 7.47. The number of nitrogens with zero attached hydrogens (tertiary/aromatic N) is 1. The van der Waals surface area contributed by atoms with Crippen molar-refractivity contribution in [1.82, 2.24) is 9.88 Å². The molecule has 0 saturated heterocycles. The Kier molecular flexibility index (Phi) is 5.63. The largest absolute Gasteiger partial charge is 0.493 e. The Morgan fingerprint density at radius 1 is 1.14 bits per heavy atom. The maximum absolute atomic E-state index is 11.8. The summed E-state index contributed by atoms with van der Waals surface area (Å²) < 4.78 is 10.6. The number of aromatic amines is 1. The lowest BCUT2D eigenvalue weighted by Gasteiger charge is -2.17. The molecule has 1 heterocycles. The first kappa shape index (κ1) is 16.6. The molecule has 1 aromatic carbocycles. The van der Waals surface area contributed by atoms with E-state index in [0.717, 1.165) is 35.8 Å². The van der Waals surface area contributed by atoms with Gasteiger partial charge in [-0.25, -0.2) is 0 Å². The van der Waals surface area contributed by atoms with E-state index in [2.05, 4.69) is 23.7 Å². The standard InChI is InChI=1S/C16H22N2O3S/c1-5-18(6-2)10-14-15(17-16(19)22-14)11-7-8-12(20-3)13(9-11)21-4/h7-9H,5-6,10H2,1-4H3,(H,17,19). The van der Waals surface area contributed by atoms with Gasteiger partial charge in [-0.15, -0.1) is 0 Å². The lowest BCUT2D eigenvalue weighted by molar-refractivity contribution is 0.298. The first-order valence-corrected chi connectivity index (χ1v) is 8.11. The van der Waals surface area contributed by atoms with Gasteiger partial charge in [-0.1, -0.05) is 25.2 Å². The molecule has 0 aliphatic rings. The van der Waals surface area contributed by atoms with Crippen LogP contribution in [0.1, 0.15) is 18.7 Å². The van der Waals surface area contributed by atoms with E-state index < -0.39 is 0 Å². The van der Waals surface area contributed by atoms with Crippen LogP contribution in [0.2, 0.25) is 0 Å². The Bertz CT molecular complexity index is 674. The molecule has 120 valence electrons. The van der Waals surface area contributed by atoms with Gasteiger partial charge in [0.15, 0.2) is 11.5 Å². The number of methoxy groups -OCH3 is 2. The Morgan fingerprint density at radius 3 is 2.41 bits per heavy atom. The number of hydrogen-bond donors (Lipinski definition) is 1. The van der Waals surface area contributed by atoms with Crippen molar-refractivity contribution in [2.24, 2.45) is 0 Å². The number of thiazole rings is 1. The summed E-state index contributed by atoms with van der Waals surface area (Å²) in [4.78, 5) is 18.0. The molecule has 0 atom stereocenters. The van der Waals surface area contributed by atoms with Crippen LogP contribution in [0.3, 0.4) is 0 Å². The zero-order chi connectivity index (χ0) is 16.1. The number of aromatic nitrogens is 1. The quantitative estimate of drug-likeness (QED) is 0.851. The minimum absolute atomic E-state index is 0.0352. The molecule has 0 aliphatic heterocycles. The molecule has 6 heteroatoms. The maximum atomic E-state index is 11.8. The second-order valence-corrected chi connectivity index (χ2v) is 5.91. The number of ether oxygens (including phenoxy) is 2. The third-order valence-corrected chi connectivity index (χ3v) is 4.52. The molecule has 1 N–H and O–H groups in total. The number of rotatable bonds is 7. The predicted octanol–water partition coefficient (Wildman–Crippen LogP) is 2.96. The average Bonchev–Trinajstić information content (AvgIpc) is 2.92. The Labute approximate surface area is 134 Å². The second-order valence-electron chi connectivity index (χ2n) is 4.84. The molecule has 2 rings (SSSR count). The van der Waals surface area contributed by atoms with Gasteiger partial charge >= 0.3 is 4.87 Å². The highest BCUT2D eigenvalue weighted by Crippen LogP contribution is 2.33. The number of H-pyrrole nitrogens is 1. The number of nitrogens with one attached hydrogen (secondary N) is 1. The molecular weight excluding hydrogens is 300 g/mol. The van der Waals surface area contributed by atoms with Crippen LogP contribution < -0.4 is 14.3 Å². The smallest absolute Gasteiger partial charge is 0.305 e. The van der Waals surface area contributed by atoms with Crippen LogP contribution in [0.5, 0.6) is 11.5 Å². The van der Waals surface area contributed by atoms with Gasteiger partial charge in [-0.05, 0) is 31.3 Å². The fraction of sp³-hybridized carbons (Fsp3) is 0.438. The van der Waals surface area contributed by atoms with E-state index in [1.165, 1.54) is 11.3 Å². The number of benzene rings is 1. The molecule has 1 aromatic heterocycles. The molecule has 0 fully saturated rings. The van der Waals surface area contributed by atoms with E-state index >= 15 is 0 Å². The van der Waals surface area contributed by atoms with Crippen molar-refractivity contribution in [1.29, 1.82) is 0 Å². The van der Waals surface area contributed by atoms with Crippen molar-refractivity contribution in [2.75, 3.05) is 27.3 Å². The van der Waals surface area contributed by atoms with Crippen LogP contribution in [0.4, 0.5) is 0 Å². The topological polar surface area (TPSA) is 54.6 Å². The predicted molar refractivity (Wildman–Crippen MR) is 90.1 cm³/mol. The Hall–Kier alpha value is -1.79. The van der Waals surface area contributed by atoms with Crippen molar-refractivity contribution < 1.29 is 9.47 Å². The lowest BCUT2D eigenvalue weighted by atomic mass is 10.1. The van der Waals surface area contributed by atoms with E-state index in [1.807, 2.05) is 18.2 Å². The molecule has 0 unspecified atom stereocenters.